The Hall–Kier alpha value is -2.08. The summed E-state index contributed by atoms with van der Waals surface area (Å²) in [6.07, 6.45) is 0.805. The molecule has 25 heavy (non-hydrogen) atoms. The Morgan fingerprint density at radius 1 is 1.16 bits per heavy atom. The van der Waals surface area contributed by atoms with Gasteiger partial charge in [-0.15, -0.1) is 12.4 Å². The fraction of sp³-hybridized carbons (Fsp3) is 0.316. The van der Waals surface area contributed by atoms with Crippen LogP contribution in [0.1, 0.15) is 12.0 Å². The topological polar surface area (TPSA) is 59.6 Å². The van der Waals surface area contributed by atoms with Gasteiger partial charge in [0, 0.05) is 25.8 Å². The molecule has 1 aliphatic heterocycles. The van der Waals surface area contributed by atoms with Crippen molar-refractivity contribution in [1.82, 2.24) is 10.6 Å². The lowest BCUT2D eigenvalue weighted by atomic mass is 10.1. The first-order valence-electron chi connectivity index (χ1n) is 8.11. The number of para-hydroxylation sites is 2. The lowest BCUT2D eigenvalue weighted by Crippen LogP contribution is -2.40. The summed E-state index contributed by atoms with van der Waals surface area (Å²) in [4.78, 5) is 12.3. The van der Waals surface area contributed by atoms with Gasteiger partial charge in [0.15, 0.2) is 0 Å². The van der Waals surface area contributed by atoms with Crippen molar-refractivity contribution in [3.63, 3.8) is 0 Å². The van der Waals surface area contributed by atoms with Gasteiger partial charge in [0.1, 0.15) is 11.5 Å². The highest BCUT2D eigenvalue weighted by Crippen LogP contribution is 2.25. The normalized spacial score (nSPS) is 19.1. The molecule has 134 valence electrons. The molecular formula is C19H23ClN2O3. The summed E-state index contributed by atoms with van der Waals surface area (Å²) in [7, 11) is 1.67. The van der Waals surface area contributed by atoms with Crippen molar-refractivity contribution in [3.8, 4) is 11.5 Å². The van der Waals surface area contributed by atoms with E-state index < -0.39 is 0 Å². The Morgan fingerprint density at radius 2 is 1.88 bits per heavy atom. The number of halogens is 1. The van der Waals surface area contributed by atoms with Crippen molar-refractivity contribution in [2.24, 2.45) is 0 Å². The molecule has 1 fully saturated rings. The summed E-state index contributed by atoms with van der Waals surface area (Å²) in [6.45, 7) is 1.14. The quantitative estimate of drug-likeness (QED) is 0.829. The van der Waals surface area contributed by atoms with Gasteiger partial charge in [-0.2, -0.15) is 0 Å². The van der Waals surface area contributed by atoms with Crippen LogP contribution in [0.3, 0.4) is 0 Å². The molecule has 0 aliphatic carbocycles. The lowest BCUT2D eigenvalue weighted by Gasteiger charge is -2.14. The maximum Gasteiger partial charge on any atom is 0.237 e. The monoisotopic (exact) mass is 362 g/mol. The van der Waals surface area contributed by atoms with Crippen molar-refractivity contribution in [1.29, 1.82) is 0 Å². The molecule has 2 aromatic rings. The molecule has 0 saturated carbocycles. The van der Waals surface area contributed by atoms with E-state index in [-0.39, 0.29) is 30.5 Å². The maximum atomic E-state index is 12.3. The van der Waals surface area contributed by atoms with Crippen LogP contribution in [0.15, 0.2) is 54.6 Å². The van der Waals surface area contributed by atoms with Crippen molar-refractivity contribution in [2.45, 2.75) is 25.1 Å². The maximum absolute atomic E-state index is 12.3. The van der Waals surface area contributed by atoms with E-state index in [1.54, 1.807) is 7.11 Å². The fourth-order valence-electron chi connectivity index (χ4n) is 2.75. The molecular weight excluding hydrogens is 340 g/mol. The number of hydrogen-bond acceptors (Lipinski definition) is 4. The van der Waals surface area contributed by atoms with Gasteiger partial charge in [-0.25, -0.2) is 0 Å². The number of carbonyl (C=O) groups excluding carboxylic acids is 1. The standard InChI is InChI=1S/C19H22N2O3.ClH/c1-23-16-11-17(20-13-16)19(22)21-12-14-7-5-6-10-18(14)24-15-8-3-2-4-9-15;/h2-10,16-17,20H,11-13H2,1H3,(H,21,22);1H/t16-,17+;/m0./s1. The van der Waals surface area contributed by atoms with Crippen LogP contribution in [-0.2, 0) is 16.1 Å². The average Bonchev–Trinajstić information content (AvgIpc) is 3.11. The molecule has 1 saturated heterocycles. The van der Waals surface area contributed by atoms with Gasteiger partial charge in [-0.1, -0.05) is 36.4 Å². The molecule has 0 unspecified atom stereocenters. The minimum absolute atomic E-state index is 0. The zero-order valence-electron chi connectivity index (χ0n) is 14.1. The van der Waals surface area contributed by atoms with Crippen molar-refractivity contribution >= 4 is 18.3 Å². The molecule has 1 aliphatic rings. The van der Waals surface area contributed by atoms with Crippen LogP contribution in [0, 0.1) is 0 Å². The van der Waals surface area contributed by atoms with Crippen molar-refractivity contribution in [2.75, 3.05) is 13.7 Å². The Kier molecular flexibility index (Phi) is 7.25. The van der Waals surface area contributed by atoms with Gasteiger partial charge >= 0.3 is 0 Å². The van der Waals surface area contributed by atoms with E-state index in [0.717, 1.165) is 17.1 Å². The first-order chi connectivity index (χ1) is 11.8. The van der Waals surface area contributed by atoms with E-state index in [1.807, 2.05) is 54.6 Å². The number of ether oxygens (including phenoxy) is 2. The van der Waals surface area contributed by atoms with E-state index in [1.165, 1.54) is 0 Å². The number of rotatable bonds is 6. The van der Waals surface area contributed by atoms with Gasteiger partial charge in [0.2, 0.25) is 5.91 Å². The molecule has 0 spiro atoms. The summed E-state index contributed by atoms with van der Waals surface area (Å²) in [6, 6.07) is 17.1. The molecule has 1 amide bonds. The number of nitrogens with one attached hydrogen (secondary N) is 2. The Morgan fingerprint density at radius 3 is 2.60 bits per heavy atom. The lowest BCUT2D eigenvalue weighted by molar-refractivity contribution is -0.123. The highest BCUT2D eigenvalue weighted by atomic mass is 35.5. The SMILES string of the molecule is CO[C@@H]1CN[C@@H](C(=O)NCc2ccccc2Oc2ccccc2)C1.Cl. The summed E-state index contributed by atoms with van der Waals surface area (Å²) in [5.41, 5.74) is 0.941. The van der Waals surface area contributed by atoms with Gasteiger partial charge in [-0.3, -0.25) is 4.79 Å². The molecule has 2 N–H and O–H groups in total. The van der Waals surface area contributed by atoms with Crippen molar-refractivity contribution < 1.29 is 14.3 Å². The second-order valence-electron chi connectivity index (χ2n) is 5.79. The highest BCUT2D eigenvalue weighted by molar-refractivity contribution is 5.85. The van der Waals surface area contributed by atoms with Gasteiger partial charge < -0.3 is 20.1 Å². The molecule has 1 heterocycles. The Balaban J connectivity index is 0.00000225. The van der Waals surface area contributed by atoms with Gasteiger partial charge in [0.05, 0.1) is 12.1 Å². The summed E-state index contributed by atoms with van der Waals surface area (Å²) < 4.78 is 11.2. The number of methoxy groups -OCH3 is 1. The van der Waals surface area contributed by atoms with E-state index in [4.69, 9.17) is 9.47 Å². The summed E-state index contributed by atoms with van der Waals surface area (Å²) in [5, 5.41) is 6.15. The van der Waals surface area contributed by atoms with E-state index in [0.29, 0.717) is 19.5 Å². The van der Waals surface area contributed by atoms with Crippen LogP contribution in [0.4, 0.5) is 0 Å². The zero-order chi connectivity index (χ0) is 16.8. The second-order valence-corrected chi connectivity index (χ2v) is 5.79. The highest BCUT2D eigenvalue weighted by Gasteiger charge is 2.29. The predicted octanol–water partition coefficient (Wildman–Crippen LogP) is 2.89. The number of amides is 1. The third-order valence-corrected chi connectivity index (χ3v) is 4.14. The summed E-state index contributed by atoms with van der Waals surface area (Å²) in [5.74, 6) is 1.51. The molecule has 5 nitrogen and oxygen atoms in total. The van der Waals surface area contributed by atoms with Crippen molar-refractivity contribution in [3.05, 3.63) is 60.2 Å². The van der Waals surface area contributed by atoms with Crippen LogP contribution >= 0.6 is 12.4 Å². The second kappa shape index (κ2) is 9.42. The molecule has 3 rings (SSSR count). The molecule has 2 aromatic carbocycles. The van der Waals surface area contributed by atoms with Crippen LogP contribution < -0.4 is 15.4 Å². The number of benzene rings is 2. The third kappa shape index (κ3) is 5.19. The minimum Gasteiger partial charge on any atom is -0.457 e. The van der Waals surface area contributed by atoms with Crippen LogP contribution in [0.25, 0.3) is 0 Å². The van der Waals surface area contributed by atoms with Gasteiger partial charge in [-0.05, 0) is 24.6 Å². The Labute approximate surface area is 154 Å². The van der Waals surface area contributed by atoms with E-state index in [2.05, 4.69) is 10.6 Å². The molecule has 0 bridgehead atoms. The molecule has 2 atom stereocenters. The van der Waals surface area contributed by atoms with E-state index >= 15 is 0 Å². The van der Waals surface area contributed by atoms with Crippen LogP contribution in [-0.4, -0.2) is 31.7 Å². The fourth-order valence-corrected chi connectivity index (χ4v) is 2.75. The predicted molar refractivity (Wildman–Crippen MR) is 99.3 cm³/mol. The molecule has 0 radical (unpaired) electrons. The van der Waals surface area contributed by atoms with Gasteiger partial charge in [0.25, 0.3) is 0 Å². The first kappa shape index (κ1) is 19.2. The Bertz CT molecular complexity index is 681. The van der Waals surface area contributed by atoms with Crippen LogP contribution in [0.5, 0.6) is 11.5 Å². The number of hydrogen-bond donors (Lipinski definition) is 2. The zero-order valence-corrected chi connectivity index (χ0v) is 14.9. The van der Waals surface area contributed by atoms with Crippen LogP contribution in [0.2, 0.25) is 0 Å². The largest absolute Gasteiger partial charge is 0.457 e. The molecule has 6 heteroatoms. The molecule has 0 aromatic heterocycles. The smallest absolute Gasteiger partial charge is 0.237 e. The minimum atomic E-state index is -0.197. The number of carbonyl (C=O) groups is 1. The third-order valence-electron chi connectivity index (χ3n) is 4.14. The average molecular weight is 363 g/mol. The first-order valence-corrected chi connectivity index (χ1v) is 8.11. The summed E-state index contributed by atoms with van der Waals surface area (Å²) >= 11 is 0. The van der Waals surface area contributed by atoms with E-state index in [9.17, 15) is 4.79 Å².